The molecule has 0 saturated carbocycles. The molecule has 0 aliphatic carbocycles. The molecule has 12 aromatic rings. The van der Waals surface area contributed by atoms with Gasteiger partial charge in [0.15, 0.2) is 0 Å². The van der Waals surface area contributed by atoms with Crippen LogP contribution in [0.3, 0.4) is 0 Å². The van der Waals surface area contributed by atoms with Crippen LogP contribution in [0.1, 0.15) is 0 Å². The molecule has 0 bridgehead atoms. The first-order valence-corrected chi connectivity index (χ1v) is 22.0. The second-order valence-electron chi connectivity index (χ2n) is 16.5. The van der Waals surface area contributed by atoms with Crippen molar-refractivity contribution in [1.82, 2.24) is 4.57 Å². The summed E-state index contributed by atoms with van der Waals surface area (Å²) in [6, 6.07) is 92.7. The van der Waals surface area contributed by atoms with Crippen LogP contribution in [0.4, 0.5) is 17.1 Å². The standard InChI is InChI=1S/C62H42N2/c1-5-18-43(19-6-1)44-32-35-50(36-33-44)63(52-37-39-56-55-29-15-16-31-59(55)64(60(56)42-52)49-25-11-4-12-26-49)51-27-17-24-47(40-51)48-34-38-54-53-28-13-14-30-57(53)61(45-20-7-2-8-21-45)62(58(54)41-48)46-22-9-3-10-23-46/h1-42H. The fourth-order valence-electron chi connectivity index (χ4n) is 9.84. The first kappa shape index (κ1) is 37.3. The Bertz CT molecular complexity index is 3630. The van der Waals surface area contributed by atoms with E-state index in [1.165, 1.54) is 76.8 Å². The highest BCUT2D eigenvalue weighted by atomic mass is 15.1. The predicted octanol–water partition coefficient (Wildman–Crippen LogP) is 17.2. The second-order valence-corrected chi connectivity index (χ2v) is 16.5. The van der Waals surface area contributed by atoms with Crippen molar-refractivity contribution in [2.45, 2.75) is 0 Å². The molecule has 12 rings (SSSR count). The first-order chi connectivity index (χ1) is 31.8. The summed E-state index contributed by atoms with van der Waals surface area (Å²) in [5.74, 6) is 0. The fraction of sp³-hybridized carbons (Fsp3) is 0. The molecule has 2 heteroatoms. The molecule has 0 aliphatic rings. The number of rotatable bonds is 8. The number of anilines is 3. The third-order valence-electron chi connectivity index (χ3n) is 12.8. The number of benzene rings is 11. The number of fused-ring (bicyclic) bond motifs is 6. The van der Waals surface area contributed by atoms with E-state index < -0.39 is 0 Å². The molecule has 64 heavy (non-hydrogen) atoms. The number of nitrogens with zero attached hydrogens (tertiary/aromatic N) is 2. The van der Waals surface area contributed by atoms with Gasteiger partial charge in [-0.25, -0.2) is 0 Å². The van der Waals surface area contributed by atoms with Gasteiger partial charge in [0, 0.05) is 33.5 Å². The van der Waals surface area contributed by atoms with Crippen molar-refractivity contribution in [1.29, 1.82) is 0 Å². The maximum absolute atomic E-state index is 2.42. The summed E-state index contributed by atoms with van der Waals surface area (Å²) in [6.45, 7) is 0. The zero-order valence-electron chi connectivity index (χ0n) is 35.1. The Hall–Kier alpha value is -8.46. The lowest BCUT2D eigenvalue weighted by molar-refractivity contribution is 1.18. The van der Waals surface area contributed by atoms with Crippen LogP contribution in [0.15, 0.2) is 255 Å². The predicted molar refractivity (Wildman–Crippen MR) is 272 cm³/mol. The fourth-order valence-corrected chi connectivity index (χ4v) is 9.84. The van der Waals surface area contributed by atoms with E-state index in [0.29, 0.717) is 0 Å². The summed E-state index contributed by atoms with van der Waals surface area (Å²) < 4.78 is 2.40. The van der Waals surface area contributed by atoms with Gasteiger partial charge in [0.2, 0.25) is 0 Å². The SMILES string of the molecule is c1ccc(-c2ccc(N(c3cccc(-c4ccc5c(c4)c(-c4ccccc4)c(-c4ccccc4)c4ccccc45)c3)c3ccc4c5ccccc5n(-c5ccccc5)c4c3)cc2)cc1. The van der Waals surface area contributed by atoms with Gasteiger partial charge in [-0.3, -0.25) is 0 Å². The molecule has 1 heterocycles. The third kappa shape index (κ3) is 6.44. The van der Waals surface area contributed by atoms with Crippen molar-refractivity contribution in [2.24, 2.45) is 0 Å². The highest BCUT2D eigenvalue weighted by Crippen LogP contribution is 2.46. The van der Waals surface area contributed by atoms with E-state index in [4.69, 9.17) is 0 Å². The molecule has 2 nitrogen and oxygen atoms in total. The number of para-hydroxylation sites is 2. The van der Waals surface area contributed by atoms with Crippen LogP contribution in [-0.4, -0.2) is 4.57 Å². The van der Waals surface area contributed by atoms with E-state index in [9.17, 15) is 0 Å². The normalized spacial score (nSPS) is 11.4. The molecule has 0 aliphatic heterocycles. The van der Waals surface area contributed by atoms with Crippen molar-refractivity contribution in [3.8, 4) is 50.2 Å². The number of hydrogen-bond acceptors (Lipinski definition) is 1. The quantitative estimate of drug-likeness (QED) is 0.139. The van der Waals surface area contributed by atoms with Gasteiger partial charge in [-0.05, 0) is 127 Å². The minimum atomic E-state index is 1.08. The minimum Gasteiger partial charge on any atom is -0.310 e. The third-order valence-corrected chi connectivity index (χ3v) is 12.8. The maximum Gasteiger partial charge on any atom is 0.0561 e. The van der Waals surface area contributed by atoms with E-state index in [0.717, 1.165) is 33.8 Å². The van der Waals surface area contributed by atoms with E-state index >= 15 is 0 Å². The molecular formula is C62H42N2. The highest BCUT2D eigenvalue weighted by molar-refractivity contribution is 6.22. The van der Waals surface area contributed by atoms with Crippen LogP contribution in [0.25, 0.3) is 93.5 Å². The van der Waals surface area contributed by atoms with Gasteiger partial charge in [0.25, 0.3) is 0 Å². The van der Waals surface area contributed by atoms with Gasteiger partial charge < -0.3 is 9.47 Å². The Morgan fingerprint density at radius 1 is 0.234 bits per heavy atom. The topological polar surface area (TPSA) is 8.17 Å². The zero-order chi connectivity index (χ0) is 42.4. The molecule has 0 N–H and O–H groups in total. The minimum absolute atomic E-state index is 1.08. The lowest BCUT2D eigenvalue weighted by Gasteiger charge is -2.27. The van der Waals surface area contributed by atoms with E-state index in [2.05, 4.69) is 264 Å². The molecule has 11 aromatic carbocycles. The van der Waals surface area contributed by atoms with E-state index in [1.807, 2.05) is 0 Å². The van der Waals surface area contributed by atoms with E-state index in [1.54, 1.807) is 0 Å². The smallest absolute Gasteiger partial charge is 0.0561 e. The zero-order valence-corrected chi connectivity index (χ0v) is 35.1. The average molecular weight is 815 g/mol. The Kier molecular flexibility index (Phi) is 9.20. The van der Waals surface area contributed by atoms with Crippen LogP contribution in [0.2, 0.25) is 0 Å². The van der Waals surface area contributed by atoms with Crippen molar-refractivity contribution >= 4 is 60.4 Å². The van der Waals surface area contributed by atoms with Crippen LogP contribution in [0.5, 0.6) is 0 Å². The summed E-state index contributed by atoms with van der Waals surface area (Å²) in [6.07, 6.45) is 0. The average Bonchev–Trinajstić information content (AvgIpc) is 3.71. The Morgan fingerprint density at radius 3 is 1.39 bits per heavy atom. The first-order valence-electron chi connectivity index (χ1n) is 22.0. The van der Waals surface area contributed by atoms with Gasteiger partial charge >= 0.3 is 0 Å². The Morgan fingerprint density at radius 2 is 0.688 bits per heavy atom. The Labute approximate surface area is 373 Å². The number of aromatic nitrogens is 1. The Balaban J connectivity index is 1.06. The van der Waals surface area contributed by atoms with Crippen molar-refractivity contribution in [3.05, 3.63) is 255 Å². The summed E-state index contributed by atoms with van der Waals surface area (Å²) in [4.78, 5) is 2.40. The van der Waals surface area contributed by atoms with Gasteiger partial charge in [0.05, 0.1) is 11.0 Å². The largest absolute Gasteiger partial charge is 0.310 e. The van der Waals surface area contributed by atoms with Crippen LogP contribution < -0.4 is 4.90 Å². The molecule has 0 unspecified atom stereocenters. The lowest BCUT2D eigenvalue weighted by Crippen LogP contribution is -2.10. The lowest BCUT2D eigenvalue weighted by atomic mass is 9.84. The summed E-state index contributed by atoms with van der Waals surface area (Å²) in [5, 5.41) is 7.46. The van der Waals surface area contributed by atoms with Crippen LogP contribution >= 0.6 is 0 Å². The van der Waals surface area contributed by atoms with Crippen LogP contribution in [-0.2, 0) is 0 Å². The van der Waals surface area contributed by atoms with Crippen LogP contribution in [0, 0.1) is 0 Å². The molecule has 0 spiro atoms. The highest BCUT2D eigenvalue weighted by Gasteiger charge is 2.21. The molecule has 0 atom stereocenters. The summed E-state index contributed by atoms with van der Waals surface area (Å²) in [7, 11) is 0. The molecule has 0 radical (unpaired) electrons. The molecule has 300 valence electrons. The van der Waals surface area contributed by atoms with Gasteiger partial charge in [0.1, 0.15) is 0 Å². The summed E-state index contributed by atoms with van der Waals surface area (Å²) in [5.41, 5.74) is 16.4. The van der Waals surface area contributed by atoms with Crippen molar-refractivity contribution in [2.75, 3.05) is 4.90 Å². The molecule has 0 amide bonds. The number of hydrogen-bond donors (Lipinski definition) is 0. The molecule has 1 aromatic heterocycles. The molecule has 0 fully saturated rings. The molecular weight excluding hydrogens is 773 g/mol. The van der Waals surface area contributed by atoms with Crippen molar-refractivity contribution < 1.29 is 0 Å². The maximum atomic E-state index is 2.42. The second kappa shape index (κ2) is 15.8. The van der Waals surface area contributed by atoms with Gasteiger partial charge in [-0.2, -0.15) is 0 Å². The monoisotopic (exact) mass is 814 g/mol. The van der Waals surface area contributed by atoms with E-state index in [-0.39, 0.29) is 0 Å². The molecule has 0 saturated heterocycles. The summed E-state index contributed by atoms with van der Waals surface area (Å²) >= 11 is 0. The van der Waals surface area contributed by atoms with Crippen molar-refractivity contribution in [3.63, 3.8) is 0 Å². The van der Waals surface area contributed by atoms with Gasteiger partial charge in [-0.1, -0.05) is 194 Å². The van der Waals surface area contributed by atoms with Gasteiger partial charge in [-0.15, -0.1) is 0 Å².